The third-order valence-electron chi connectivity index (χ3n) is 4.83. The predicted molar refractivity (Wildman–Crippen MR) is 120 cm³/mol. The average molecular weight is 433 g/mol. The van der Waals surface area contributed by atoms with Gasteiger partial charge in [0.15, 0.2) is 0 Å². The lowest BCUT2D eigenvalue weighted by Crippen LogP contribution is -2.27. The summed E-state index contributed by atoms with van der Waals surface area (Å²) in [6.45, 7) is 1.83. The van der Waals surface area contributed by atoms with Crippen LogP contribution in [0.4, 0.5) is 5.69 Å². The number of nitrogens with one attached hydrogen (secondary N) is 1. The molecule has 8 heteroatoms. The number of methoxy groups -OCH3 is 1. The summed E-state index contributed by atoms with van der Waals surface area (Å²) in [4.78, 5) is 42.1. The Balaban J connectivity index is 1.57. The maximum atomic E-state index is 13.1. The fraction of sp³-hybridized carbons (Fsp3) is 0.130. The van der Waals surface area contributed by atoms with Crippen LogP contribution >= 0.6 is 11.3 Å². The maximum absolute atomic E-state index is 13.1. The van der Waals surface area contributed by atoms with Crippen molar-refractivity contribution in [3.8, 4) is 11.1 Å². The van der Waals surface area contributed by atoms with E-state index >= 15 is 0 Å². The van der Waals surface area contributed by atoms with Gasteiger partial charge in [-0.2, -0.15) is 0 Å². The molecule has 2 aromatic carbocycles. The number of thiophene rings is 1. The number of aryl methyl sites for hydroxylation is 1. The first-order chi connectivity index (χ1) is 15.0. The second-order valence-corrected chi connectivity index (χ2v) is 7.85. The van der Waals surface area contributed by atoms with Gasteiger partial charge in [0.25, 0.3) is 5.56 Å². The highest BCUT2D eigenvalue weighted by Gasteiger charge is 2.15. The molecule has 2 aromatic heterocycles. The Hall–Kier alpha value is -3.78. The number of ether oxygens (including phenoxy) is 1. The minimum Gasteiger partial charge on any atom is -0.465 e. The van der Waals surface area contributed by atoms with Crippen LogP contribution in [-0.2, 0) is 16.1 Å². The number of anilines is 1. The van der Waals surface area contributed by atoms with Crippen molar-refractivity contribution in [2.45, 2.75) is 13.5 Å². The first kappa shape index (κ1) is 20.5. The fourth-order valence-electron chi connectivity index (χ4n) is 3.19. The summed E-state index contributed by atoms with van der Waals surface area (Å²) in [5.74, 6) is -0.829. The van der Waals surface area contributed by atoms with Crippen LogP contribution in [0.25, 0.3) is 21.3 Å². The van der Waals surface area contributed by atoms with E-state index in [1.54, 1.807) is 24.3 Å². The predicted octanol–water partition coefficient (Wildman–Crippen LogP) is 3.86. The zero-order chi connectivity index (χ0) is 22.0. The van der Waals surface area contributed by atoms with Gasteiger partial charge in [0.2, 0.25) is 5.91 Å². The van der Waals surface area contributed by atoms with Crippen molar-refractivity contribution >= 4 is 39.1 Å². The summed E-state index contributed by atoms with van der Waals surface area (Å²) in [5, 5.41) is 5.14. The van der Waals surface area contributed by atoms with Gasteiger partial charge in [-0.3, -0.25) is 14.2 Å². The average Bonchev–Trinajstić information content (AvgIpc) is 3.21. The molecule has 4 aromatic rings. The molecule has 0 radical (unpaired) electrons. The van der Waals surface area contributed by atoms with Crippen LogP contribution in [0.15, 0.2) is 65.0 Å². The molecule has 0 aliphatic carbocycles. The second kappa shape index (κ2) is 8.53. The van der Waals surface area contributed by atoms with Crippen molar-refractivity contribution in [2.24, 2.45) is 0 Å². The standard InChI is InChI=1S/C23H19N3O4S/c1-14-3-5-15(6-4-14)18-12-31-21-20(18)22(28)26(13-24-21)11-19(27)25-17-9-7-16(8-10-17)23(29)30-2/h3-10,12-13H,11H2,1-2H3,(H,25,27). The van der Waals surface area contributed by atoms with Crippen molar-refractivity contribution in [3.63, 3.8) is 0 Å². The first-order valence-electron chi connectivity index (χ1n) is 9.48. The largest absolute Gasteiger partial charge is 0.465 e. The molecule has 0 fully saturated rings. The van der Waals surface area contributed by atoms with Gasteiger partial charge in [0.05, 0.1) is 24.4 Å². The lowest BCUT2D eigenvalue weighted by atomic mass is 10.1. The summed E-state index contributed by atoms with van der Waals surface area (Å²) in [6, 6.07) is 14.2. The summed E-state index contributed by atoms with van der Waals surface area (Å²) in [7, 11) is 1.30. The number of esters is 1. The minimum atomic E-state index is -0.455. The third kappa shape index (κ3) is 4.24. The Kier molecular flexibility index (Phi) is 5.64. The van der Waals surface area contributed by atoms with Crippen LogP contribution in [0.1, 0.15) is 15.9 Å². The molecule has 2 heterocycles. The number of aromatic nitrogens is 2. The van der Waals surface area contributed by atoms with Crippen LogP contribution in [-0.4, -0.2) is 28.5 Å². The highest BCUT2D eigenvalue weighted by atomic mass is 32.1. The molecular weight excluding hydrogens is 414 g/mol. The molecule has 0 bridgehead atoms. The summed E-state index contributed by atoms with van der Waals surface area (Å²) < 4.78 is 5.95. The second-order valence-electron chi connectivity index (χ2n) is 6.99. The molecule has 0 aliphatic rings. The number of fused-ring (bicyclic) bond motifs is 1. The molecule has 156 valence electrons. The van der Waals surface area contributed by atoms with E-state index in [4.69, 9.17) is 0 Å². The van der Waals surface area contributed by atoms with E-state index in [0.29, 0.717) is 21.5 Å². The van der Waals surface area contributed by atoms with Gasteiger partial charge >= 0.3 is 5.97 Å². The minimum absolute atomic E-state index is 0.177. The lowest BCUT2D eigenvalue weighted by molar-refractivity contribution is -0.116. The number of hydrogen-bond acceptors (Lipinski definition) is 6. The number of rotatable bonds is 5. The first-order valence-corrected chi connectivity index (χ1v) is 10.4. The van der Waals surface area contributed by atoms with Gasteiger partial charge in [-0.25, -0.2) is 9.78 Å². The quantitative estimate of drug-likeness (QED) is 0.483. The molecule has 0 spiro atoms. The Morgan fingerprint density at radius 3 is 2.48 bits per heavy atom. The summed E-state index contributed by atoms with van der Waals surface area (Å²) in [6.07, 6.45) is 1.39. The van der Waals surface area contributed by atoms with Gasteiger partial charge in [-0.15, -0.1) is 11.3 Å². The molecule has 0 unspecified atom stereocenters. The van der Waals surface area contributed by atoms with Crippen LogP contribution in [0, 0.1) is 6.92 Å². The van der Waals surface area contributed by atoms with Gasteiger partial charge in [-0.05, 0) is 36.8 Å². The monoisotopic (exact) mass is 433 g/mol. The highest BCUT2D eigenvalue weighted by molar-refractivity contribution is 7.17. The van der Waals surface area contributed by atoms with E-state index in [2.05, 4.69) is 15.0 Å². The van der Waals surface area contributed by atoms with Crippen molar-refractivity contribution in [3.05, 3.63) is 81.7 Å². The maximum Gasteiger partial charge on any atom is 0.337 e. The SMILES string of the molecule is COC(=O)c1ccc(NC(=O)Cn2cnc3scc(-c4ccc(C)cc4)c3c2=O)cc1. The zero-order valence-electron chi connectivity index (χ0n) is 16.9. The fourth-order valence-corrected chi connectivity index (χ4v) is 4.10. The van der Waals surface area contributed by atoms with Crippen LogP contribution < -0.4 is 10.9 Å². The molecule has 1 amide bonds. The Labute approximate surface area is 181 Å². The third-order valence-corrected chi connectivity index (χ3v) is 5.71. The van der Waals surface area contributed by atoms with Crippen molar-refractivity contribution in [2.75, 3.05) is 12.4 Å². The molecule has 1 N–H and O–H groups in total. The van der Waals surface area contributed by atoms with E-state index in [1.165, 1.54) is 29.3 Å². The molecule has 0 aliphatic heterocycles. The molecule has 0 saturated heterocycles. The Bertz CT molecular complexity index is 1320. The normalized spacial score (nSPS) is 10.8. The molecule has 4 rings (SSSR count). The Morgan fingerprint density at radius 2 is 1.81 bits per heavy atom. The number of nitrogens with zero attached hydrogens (tertiary/aromatic N) is 2. The molecule has 7 nitrogen and oxygen atoms in total. The van der Waals surface area contributed by atoms with E-state index in [-0.39, 0.29) is 18.0 Å². The van der Waals surface area contributed by atoms with Crippen LogP contribution in [0.2, 0.25) is 0 Å². The van der Waals surface area contributed by atoms with Crippen molar-refractivity contribution < 1.29 is 14.3 Å². The van der Waals surface area contributed by atoms with Crippen molar-refractivity contribution in [1.29, 1.82) is 0 Å². The summed E-state index contributed by atoms with van der Waals surface area (Å²) >= 11 is 1.40. The number of carbonyl (C=O) groups is 2. The molecule has 31 heavy (non-hydrogen) atoms. The van der Waals surface area contributed by atoms with E-state index in [1.807, 2.05) is 36.6 Å². The smallest absolute Gasteiger partial charge is 0.337 e. The highest BCUT2D eigenvalue weighted by Crippen LogP contribution is 2.30. The van der Waals surface area contributed by atoms with Gasteiger partial charge < -0.3 is 10.1 Å². The molecule has 0 atom stereocenters. The molecular formula is C23H19N3O4S. The van der Waals surface area contributed by atoms with E-state index in [9.17, 15) is 14.4 Å². The van der Waals surface area contributed by atoms with Crippen molar-refractivity contribution in [1.82, 2.24) is 9.55 Å². The van der Waals surface area contributed by atoms with E-state index < -0.39 is 5.97 Å². The topological polar surface area (TPSA) is 90.3 Å². The number of carbonyl (C=O) groups excluding carboxylic acids is 2. The van der Waals surface area contributed by atoms with Gasteiger partial charge in [0, 0.05) is 16.6 Å². The molecule has 0 saturated carbocycles. The van der Waals surface area contributed by atoms with Gasteiger partial charge in [-0.1, -0.05) is 29.8 Å². The Morgan fingerprint density at radius 1 is 1.10 bits per heavy atom. The number of hydrogen-bond donors (Lipinski definition) is 1. The summed E-state index contributed by atoms with van der Waals surface area (Å²) in [5.41, 5.74) is 3.51. The number of benzene rings is 2. The van der Waals surface area contributed by atoms with Crippen LogP contribution in [0.3, 0.4) is 0 Å². The lowest BCUT2D eigenvalue weighted by Gasteiger charge is -2.08. The number of amides is 1. The van der Waals surface area contributed by atoms with Gasteiger partial charge in [0.1, 0.15) is 11.4 Å². The van der Waals surface area contributed by atoms with Crippen LogP contribution in [0.5, 0.6) is 0 Å². The zero-order valence-corrected chi connectivity index (χ0v) is 17.7. The van der Waals surface area contributed by atoms with E-state index in [0.717, 1.165) is 16.7 Å².